The van der Waals surface area contributed by atoms with Crippen molar-refractivity contribution in [2.24, 2.45) is 5.41 Å². The normalized spacial score (nSPS) is 16.3. The summed E-state index contributed by atoms with van der Waals surface area (Å²) in [5, 5.41) is 17.9. The van der Waals surface area contributed by atoms with E-state index >= 15 is 0 Å². The second-order valence-electron chi connectivity index (χ2n) is 7.58. The van der Waals surface area contributed by atoms with Crippen LogP contribution in [-0.4, -0.2) is 31.1 Å². The highest BCUT2D eigenvalue weighted by Crippen LogP contribution is 2.47. The van der Waals surface area contributed by atoms with E-state index in [-0.39, 0.29) is 22.4 Å². The minimum absolute atomic E-state index is 0.0778. The van der Waals surface area contributed by atoms with Gasteiger partial charge in [0.2, 0.25) is 5.91 Å². The zero-order valence-corrected chi connectivity index (χ0v) is 15.8. The van der Waals surface area contributed by atoms with E-state index in [2.05, 4.69) is 10.6 Å². The smallest absolute Gasteiger partial charge is 0.277 e. The van der Waals surface area contributed by atoms with Gasteiger partial charge in [-0.1, -0.05) is 20.8 Å². The average molecular weight is 349 g/mol. The molecule has 0 saturated heterocycles. The van der Waals surface area contributed by atoms with Crippen molar-refractivity contribution >= 4 is 23.0 Å². The first kappa shape index (κ1) is 19.2. The van der Waals surface area contributed by atoms with Gasteiger partial charge in [0.25, 0.3) is 5.69 Å². The number of ether oxygens (including phenoxy) is 1. The molecule has 7 heteroatoms. The molecule has 1 aromatic rings. The van der Waals surface area contributed by atoms with Crippen LogP contribution in [0.2, 0.25) is 0 Å². The minimum atomic E-state index is -0.590. The Morgan fingerprint density at radius 2 is 2.00 bits per heavy atom. The third-order valence-corrected chi connectivity index (χ3v) is 4.71. The molecule has 0 radical (unpaired) electrons. The maximum Gasteiger partial charge on any atom is 0.277 e. The van der Waals surface area contributed by atoms with Gasteiger partial charge in [-0.05, 0) is 25.8 Å². The summed E-state index contributed by atoms with van der Waals surface area (Å²) in [6.07, 6.45) is 0.768. The Bertz CT molecular complexity index is 707. The first-order valence-corrected chi connectivity index (χ1v) is 8.45. The summed E-state index contributed by atoms with van der Waals surface area (Å²) in [4.78, 5) is 23.8. The Morgan fingerprint density at radius 1 is 1.36 bits per heavy atom. The van der Waals surface area contributed by atoms with Crippen LogP contribution < -0.4 is 10.6 Å². The van der Waals surface area contributed by atoms with E-state index in [4.69, 9.17) is 4.74 Å². The number of nitrogens with one attached hydrogen (secondary N) is 2. The first-order chi connectivity index (χ1) is 11.6. The Morgan fingerprint density at radius 3 is 2.52 bits per heavy atom. The fourth-order valence-electron chi connectivity index (χ4n) is 3.30. The number of anilines is 2. The zero-order valence-electron chi connectivity index (χ0n) is 15.8. The van der Waals surface area contributed by atoms with Crippen LogP contribution in [0.25, 0.3) is 0 Å². The van der Waals surface area contributed by atoms with Gasteiger partial charge >= 0.3 is 0 Å². The third-order valence-electron chi connectivity index (χ3n) is 4.71. The molecule has 0 bridgehead atoms. The lowest BCUT2D eigenvalue weighted by Crippen LogP contribution is -2.28. The summed E-state index contributed by atoms with van der Waals surface area (Å²) < 4.78 is 5.17. The van der Waals surface area contributed by atoms with Crippen molar-refractivity contribution in [3.05, 3.63) is 26.8 Å². The van der Waals surface area contributed by atoms with Crippen molar-refractivity contribution in [2.45, 2.75) is 47.0 Å². The monoisotopic (exact) mass is 349 g/mol. The van der Waals surface area contributed by atoms with Crippen molar-refractivity contribution in [2.75, 3.05) is 30.9 Å². The maximum absolute atomic E-state index is 12.5. The molecule has 7 nitrogen and oxygen atoms in total. The number of nitro groups is 1. The second-order valence-corrected chi connectivity index (χ2v) is 7.58. The van der Waals surface area contributed by atoms with E-state index in [9.17, 15) is 14.9 Å². The van der Waals surface area contributed by atoms with E-state index in [0.717, 1.165) is 17.7 Å². The second kappa shape index (κ2) is 7.00. The Labute approximate surface area is 148 Å². The molecule has 138 valence electrons. The molecule has 2 N–H and O–H groups in total. The zero-order chi connectivity index (χ0) is 18.9. The Hall–Kier alpha value is -2.15. The van der Waals surface area contributed by atoms with Crippen LogP contribution in [0.5, 0.6) is 0 Å². The molecule has 1 heterocycles. The van der Waals surface area contributed by atoms with Gasteiger partial charge in [-0.25, -0.2) is 0 Å². The van der Waals surface area contributed by atoms with Gasteiger partial charge in [-0.2, -0.15) is 0 Å². The number of hydrogen-bond acceptors (Lipinski definition) is 5. The Balaban J connectivity index is 2.60. The molecule has 0 fully saturated rings. The molecule has 1 aromatic carbocycles. The van der Waals surface area contributed by atoms with Crippen LogP contribution in [0.15, 0.2) is 0 Å². The summed E-state index contributed by atoms with van der Waals surface area (Å²) >= 11 is 0. The molecule has 1 atom stereocenters. The summed E-state index contributed by atoms with van der Waals surface area (Å²) in [6, 6.07) is 0. The lowest BCUT2D eigenvalue weighted by atomic mass is 9.89. The number of carbonyl (C=O) groups excluding carboxylic acids is 1. The van der Waals surface area contributed by atoms with E-state index in [1.54, 1.807) is 21.0 Å². The number of nitrogens with zero attached hydrogens (tertiary/aromatic N) is 1. The molecule has 0 spiro atoms. The van der Waals surface area contributed by atoms with Crippen molar-refractivity contribution in [1.82, 2.24) is 0 Å². The van der Waals surface area contributed by atoms with E-state index in [0.29, 0.717) is 30.0 Å². The molecule has 0 saturated carbocycles. The SMILES string of the molecule is COCCC1CNc2c(NC(=O)C(C)(C)C)c(C)c([N+](=O)[O-])c(C)c21. The van der Waals surface area contributed by atoms with Gasteiger partial charge in [0.1, 0.15) is 0 Å². The number of nitro benzene ring substituents is 1. The van der Waals surface area contributed by atoms with Crippen molar-refractivity contribution in [1.29, 1.82) is 0 Å². The largest absolute Gasteiger partial charge is 0.385 e. The number of amides is 1. The van der Waals surface area contributed by atoms with E-state index in [1.807, 2.05) is 20.8 Å². The minimum Gasteiger partial charge on any atom is -0.385 e. The average Bonchev–Trinajstić information content (AvgIpc) is 2.91. The van der Waals surface area contributed by atoms with E-state index in [1.165, 1.54) is 0 Å². The third kappa shape index (κ3) is 3.61. The number of methoxy groups -OCH3 is 1. The molecule has 1 unspecified atom stereocenters. The maximum atomic E-state index is 12.5. The van der Waals surface area contributed by atoms with Crippen molar-refractivity contribution in [3.8, 4) is 0 Å². The highest BCUT2D eigenvalue weighted by atomic mass is 16.6. The molecule has 1 amide bonds. The van der Waals surface area contributed by atoms with Crippen LogP contribution in [0.1, 0.15) is 49.8 Å². The predicted octanol–water partition coefficient (Wildman–Crippen LogP) is 3.74. The Kier molecular flexibility index (Phi) is 5.37. The molecule has 1 aliphatic rings. The molecule has 1 aliphatic heterocycles. The molecular formula is C18H27N3O4. The molecule has 25 heavy (non-hydrogen) atoms. The van der Waals surface area contributed by atoms with Gasteiger partial charge in [-0.15, -0.1) is 0 Å². The number of carbonyl (C=O) groups is 1. The number of benzene rings is 1. The van der Waals surface area contributed by atoms with E-state index < -0.39 is 5.41 Å². The number of hydrogen-bond donors (Lipinski definition) is 2. The fraction of sp³-hybridized carbons (Fsp3) is 0.611. The van der Waals surface area contributed by atoms with Gasteiger partial charge in [-0.3, -0.25) is 14.9 Å². The van der Waals surface area contributed by atoms with Crippen LogP contribution >= 0.6 is 0 Å². The van der Waals surface area contributed by atoms with Crippen LogP contribution in [0.3, 0.4) is 0 Å². The molecule has 2 rings (SSSR count). The van der Waals surface area contributed by atoms with Gasteiger partial charge in [0.15, 0.2) is 0 Å². The van der Waals surface area contributed by atoms with Crippen LogP contribution in [-0.2, 0) is 9.53 Å². The number of fused-ring (bicyclic) bond motifs is 1. The molecule has 0 aromatic heterocycles. The summed E-state index contributed by atoms with van der Waals surface area (Å²) in [5.74, 6) is -0.0439. The standard InChI is InChI=1S/C18H27N3O4/c1-10-13-12(7-8-25-6)9-19-15(13)14(11(2)16(10)21(23)24)20-17(22)18(3,4)5/h12,19H,7-9H2,1-6H3,(H,20,22). The van der Waals surface area contributed by atoms with Crippen molar-refractivity contribution < 1.29 is 14.5 Å². The van der Waals surface area contributed by atoms with Gasteiger partial charge in [0.05, 0.1) is 21.9 Å². The van der Waals surface area contributed by atoms with Crippen LogP contribution in [0.4, 0.5) is 17.1 Å². The molecule has 0 aliphatic carbocycles. The lowest BCUT2D eigenvalue weighted by Gasteiger charge is -2.22. The highest BCUT2D eigenvalue weighted by molar-refractivity contribution is 6.00. The fourth-order valence-corrected chi connectivity index (χ4v) is 3.30. The summed E-state index contributed by atoms with van der Waals surface area (Å²) in [6.45, 7) is 10.2. The predicted molar refractivity (Wildman–Crippen MR) is 98.4 cm³/mol. The van der Waals surface area contributed by atoms with Crippen molar-refractivity contribution in [3.63, 3.8) is 0 Å². The lowest BCUT2D eigenvalue weighted by molar-refractivity contribution is -0.386. The number of rotatable bonds is 5. The quantitative estimate of drug-likeness (QED) is 0.624. The van der Waals surface area contributed by atoms with Gasteiger partial charge in [0, 0.05) is 37.2 Å². The summed E-state index contributed by atoms with van der Waals surface area (Å²) in [7, 11) is 1.64. The van der Waals surface area contributed by atoms with Gasteiger partial charge < -0.3 is 15.4 Å². The first-order valence-electron chi connectivity index (χ1n) is 8.45. The highest BCUT2D eigenvalue weighted by Gasteiger charge is 2.35. The molecular weight excluding hydrogens is 322 g/mol. The van der Waals surface area contributed by atoms with Crippen LogP contribution in [0, 0.1) is 29.4 Å². The topological polar surface area (TPSA) is 93.5 Å². The summed E-state index contributed by atoms with van der Waals surface area (Å²) in [5.41, 5.74) is 2.88.